The maximum atomic E-state index is 9.11. The second kappa shape index (κ2) is 6.40. The van der Waals surface area contributed by atoms with Crippen molar-refractivity contribution in [3.05, 3.63) is 28.8 Å². The van der Waals surface area contributed by atoms with E-state index in [2.05, 4.69) is 11.1 Å². The van der Waals surface area contributed by atoms with Crippen LogP contribution in [0, 0.1) is 11.3 Å². The molecule has 0 saturated carbocycles. The van der Waals surface area contributed by atoms with Crippen LogP contribution in [0.3, 0.4) is 0 Å². The zero-order chi connectivity index (χ0) is 14.5. The van der Waals surface area contributed by atoms with Crippen molar-refractivity contribution in [2.75, 3.05) is 13.7 Å². The fraction of sp³-hybridized carbons (Fsp3) is 0.333. The highest BCUT2D eigenvalue weighted by molar-refractivity contribution is 7.15. The number of hydrogen-bond donors (Lipinski definition) is 0. The van der Waals surface area contributed by atoms with Crippen molar-refractivity contribution in [1.29, 1.82) is 5.26 Å². The predicted molar refractivity (Wildman–Crippen MR) is 79.4 cm³/mol. The molecule has 104 valence electrons. The smallest absolute Gasteiger partial charge is 0.161 e. The van der Waals surface area contributed by atoms with Gasteiger partial charge < -0.3 is 9.47 Å². The third-order valence-electron chi connectivity index (χ3n) is 2.84. The molecule has 5 heteroatoms. The number of hydrogen-bond acceptors (Lipinski definition) is 5. The second-order valence-corrected chi connectivity index (χ2v) is 5.06. The van der Waals surface area contributed by atoms with Gasteiger partial charge in [-0.2, -0.15) is 5.26 Å². The van der Waals surface area contributed by atoms with Crippen molar-refractivity contribution in [3.8, 4) is 28.1 Å². The molecule has 20 heavy (non-hydrogen) atoms. The Labute approximate surface area is 122 Å². The number of nitrogens with zero attached hydrogens (tertiary/aromatic N) is 2. The van der Waals surface area contributed by atoms with Crippen molar-refractivity contribution in [1.82, 2.24) is 4.98 Å². The topological polar surface area (TPSA) is 55.1 Å². The maximum Gasteiger partial charge on any atom is 0.161 e. The molecule has 0 amide bonds. The molecule has 0 bridgehead atoms. The lowest BCUT2D eigenvalue weighted by molar-refractivity contribution is 0.311. The molecule has 0 saturated heterocycles. The standard InChI is InChI=1S/C15H16N2O2S/c1-4-11-14(9-16)20-15(17-11)10-6-7-12(18-3)13(8-10)19-5-2/h6-8H,4-5H2,1-3H3. The summed E-state index contributed by atoms with van der Waals surface area (Å²) in [5.41, 5.74) is 1.79. The number of methoxy groups -OCH3 is 1. The Balaban J connectivity index is 2.45. The van der Waals surface area contributed by atoms with E-state index in [4.69, 9.17) is 14.7 Å². The van der Waals surface area contributed by atoms with Crippen molar-refractivity contribution in [2.45, 2.75) is 20.3 Å². The van der Waals surface area contributed by atoms with Crippen LogP contribution in [0.1, 0.15) is 24.4 Å². The zero-order valence-corrected chi connectivity index (χ0v) is 12.6. The number of rotatable bonds is 5. The molecule has 0 radical (unpaired) electrons. The number of thiazole rings is 1. The first-order valence-electron chi connectivity index (χ1n) is 6.44. The minimum absolute atomic E-state index is 0.571. The minimum atomic E-state index is 0.571. The number of aromatic nitrogens is 1. The summed E-state index contributed by atoms with van der Waals surface area (Å²) in [6.07, 6.45) is 0.758. The third-order valence-corrected chi connectivity index (χ3v) is 3.90. The van der Waals surface area contributed by atoms with Crippen LogP contribution in [-0.2, 0) is 6.42 Å². The molecule has 0 aliphatic heterocycles. The lowest BCUT2D eigenvalue weighted by Gasteiger charge is -2.10. The van der Waals surface area contributed by atoms with Crippen molar-refractivity contribution in [3.63, 3.8) is 0 Å². The SMILES string of the molecule is CCOc1cc(-c2nc(CC)c(C#N)s2)ccc1OC. The summed E-state index contributed by atoms with van der Waals surface area (Å²) in [4.78, 5) is 5.20. The molecule has 0 N–H and O–H groups in total. The molecule has 2 aromatic rings. The predicted octanol–water partition coefficient (Wildman–Crippen LogP) is 3.65. The van der Waals surface area contributed by atoms with Crippen LogP contribution in [0.25, 0.3) is 10.6 Å². The lowest BCUT2D eigenvalue weighted by Crippen LogP contribution is -1.95. The van der Waals surface area contributed by atoms with Crippen LogP contribution in [-0.4, -0.2) is 18.7 Å². The molecular formula is C15H16N2O2S. The molecule has 0 atom stereocenters. The number of benzene rings is 1. The maximum absolute atomic E-state index is 9.11. The summed E-state index contributed by atoms with van der Waals surface area (Å²) in [5, 5.41) is 9.94. The van der Waals surface area contributed by atoms with Gasteiger partial charge in [0.25, 0.3) is 0 Å². The van der Waals surface area contributed by atoms with E-state index in [1.54, 1.807) is 7.11 Å². The number of ether oxygens (including phenoxy) is 2. The van der Waals surface area contributed by atoms with Crippen LogP contribution in [0.15, 0.2) is 18.2 Å². The van der Waals surface area contributed by atoms with Gasteiger partial charge in [-0.15, -0.1) is 11.3 Å². The fourth-order valence-electron chi connectivity index (χ4n) is 1.88. The normalized spacial score (nSPS) is 10.1. The van der Waals surface area contributed by atoms with Gasteiger partial charge in [0.15, 0.2) is 11.5 Å². The quantitative estimate of drug-likeness (QED) is 0.842. The Kier molecular flexibility index (Phi) is 4.59. The average Bonchev–Trinajstić information content (AvgIpc) is 2.91. The summed E-state index contributed by atoms with van der Waals surface area (Å²) < 4.78 is 10.8. The van der Waals surface area contributed by atoms with E-state index in [-0.39, 0.29) is 0 Å². The molecular weight excluding hydrogens is 272 g/mol. The summed E-state index contributed by atoms with van der Waals surface area (Å²) in [5.74, 6) is 1.39. The molecule has 0 aliphatic rings. The molecule has 1 heterocycles. The van der Waals surface area contributed by atoms with Gasteiger partial charge in [-0.1, -0.05) is 6.92 Å². The number of aryl methyl sites for hydroxylation is 1. The van der Waals surface area contributed by atoms with Gasteiger partial charge in [0.2, 0.25) is 0 Å². The van der Waals surface area contributed by atoms with Crippen LogP contribution < -0.4 is 9.47 Å². The van der Waals surface area contributed by atoms with E-state index in [0.29, 0.717) is 23.0 Å². The summed E-state index contributed by atoms with van der Waals surface area (Å²) in [7, 11) is 1.61. The molecule has 4 nitrogen and oxygen atoms in total. The van der Waals surface area contributed by atoms with Crippen LogP contribution in [0.4, 0.5) is 0 Å². The highest BCUT2D eigenvalue weighted by Gasteiger charge is 2.13. The van der Waals surface area contributed by atoms with Gasteiger partial charge >= 0.3 is 0 Å². The van der Waals surface area contributed by atoms with Crippen molar-refractivity contribution in [2.24, 2.45) is 0 Å². The van der Waals surface area contributed by atoms with Crippen molar-refractivity contribution < 1.29 is 9.47 Å². The fourth-order valence-corrected chi connectivity index (χ4v) is 2.83. The summed E-state index contributed by atoms with van der Waals surface area (Å²) in [6, 6.07) is 7.90. The van der Waals surface area contributed by atoms with Crippen LogP contribution in [0.2, 0.25) is 0 Å². The van der Waals surface area contributed by atoms with Gasteiger partial charge in [0.05, 0.1) is 19.4 Å². The Morgan fingerprint density at radius 3 is 2.65 bits per heavy atom. The second-order valence-electron chi connectivity index (χ2n) is 4.06. The van der Waals surface area contributed by atoms with Gasteiger partial charge in [-0.3, -0.25) is 0 Å². The molecule has 0 spiro atoms. The first kappa shape index (κ1) is 14.4. The minimum Gasteiger partial charge on any atom is -0.493 e. The van der Waals surface area contributed by atoms with E-state index >= 15 is 0 Å². The Morgan fingerprint density at radius 1 is 1.30 bits per heavy atom. The van der Waals surface area contributed by atoms with Crippen molar-refractivity contribution >= 4 is 11.3 Å². The lowest BCUT2D eigenvalue weighted by atomic mass is 10.2. The molecule has 0 unspecified atom stereocenters. The molecule has 0 fully saturated rings. The Morgan fingerprint density at radius 2 is 2.10 bits per heavy atom. The highest BCUT2D eigenvalue weighted by Crippen LogP contribution is 2.35. The van der Waals surface area contributed by atoms with E-state index < -0.39 is 0 Å². The zero-order valence-electron chi connectivity index (χ0n) is 11.8. The van der Waals surface area contributed by atoms with E-state index in [9.17, 15) is 0 Å². The molecule has 1 aromatic carbocycles. The average molecular weight is 288 g/mol. The van der Waals surface area contributed by atoms with Gasteiger partial charge in [0, 0.05) is 5.56 Å². The monoisotopic (exact) mass is 288 g/mol. The van der Waals surface area contributed by atoms with E-state index in [0.717, 1.165) is 22.7 Å². The van der Waals surface area contributed by atoms with Crippen LogP contribution in [0.5, 0.6) is 11.5 Å². The summed E-state index contributed by atoms with van der Waals surface area (Å²) in [6.45, 7) is 4.50. The number of nitriles is 1. The van der Waals surface area contributed by atoms with Gasteiger partial charge in [-0.05, 0) is 31.5 Å². The third kappa shape index (κ3) is 2.75. The largest absolute Gasteiger partial charge is 0.493 e. The first-order valence-corrected chi connectivity index (χ1v) is 7.26. The Bertz CT molecular complexity index is 644. The Hall–Kier alpha value is -2.06. The van der Waals surface area contributed by atoms with E-state index in [1.807, 2.05) is 32.0 Å². The van der Waals surface area contributed by atoms with E-state index in [1.165, 1.54) is 11.3 Å². The molecule has 0 aliphatic carbocycles. The summed E-state index contributed by atoms with van der Waals surface area (Å²) >= 11 is 1.41. The first-order chi connectivity index (χ1) is 9.73. The van der Waals surface area contributed by atoms with Gasteiger partial charge in [-0.25, -0.2) is 4.98 Å². The molecule has 1 aromatic heterocycles. The highest BCUT2D eigenvalue weighted by atomic mass is 32.1. The van der Waals surface area contributed by atoms with Crippen LogP contribution >= 0.6 is 11.3 Å². The van der Waals surface area contributed by atoms with Gasteiger partial charge in [0.1, 0.15) is 16.0 Å². The molecule has 2 rings (SSSR count).